The summed E-state index contributed by atoms with van der Waals surface area (Å²) in [5.41, 5.74) is 1.03. The van der Waals surface area contributed by atoms with Crippen molar-refractivity contribution in [2.45, 2.75) is 34.3 Å². The van der Waals surface area contributed by atoms with Crippen LogP contribution in [0.1, 0.15) is 43.6 Å². The van der Waals surface area contributed by atoms with Crippen molar-refractivity contribution in [3.63, 3.8) is 0 Å². The molecule has 1 aromatic rings. The summed E-state index contributed by atoms with van der Waals surface area (Å²) in [6.45, 7) is 12.1. The highest BCUT2D eigenvalue weighted by molar-refractivity contribution is 5.95. The predicted molar refractivity (Wildman–Crippen MR) is 89.2 cm³/mol. The van der Waals surface area contributed by atoms with Gasteiger partial charge in [0.25, 0.3) is 5.91 Å². The zero-order valence-corrected chi connectivity index (χ0v) is 13.5. The lowest BCUT2D eigenvalue weighted by molar-refractivity contribution is 0.0940. The summed E-state index contributed by atoms with van der Waals surface area (Å²) in [5.74, 6) is -0.162. The summed E-state index contributed by atoms with van der Waals surface area (Å²) in [5, 5.41) is 12.0. The molecule has 21 heavy (non-hydrogen) atoms. The van der Waals surface area contributed by atoms with Crippen molar-refractivity contribution < 1.29 is 9.90 Å². The van der Waals surface area contributed by atoms with Crippen LogP contribution in [0.2, 0.25) is 0 Å². The Kier molecular flexibility index (Phi) is 9.06. The highest BCUT2D eigenvalue weighted by Gasteiger charge is 2.16. The van der Waals surface area contributed by atoms with Crippen LogP contribution in [0.3, 0.4) is 0 Å². The molecular formula is C18H27NO2. The van der Waals surface area contributed by atoms with E-state index in [0.29, 0.717) is 17.7 Å². The number of hydrogen-bond donors (Lipinski definition) is 2. The summed E-state index contributed by atoms with van der Waals surface area (Å²) < 4.78 is 0. The number of allylic oxidation sites excluding steroid dienone is 2. The molecule has 0 unspecified atom stereocenters. The van der Waals surface area contributed by atoms with E-state index in [1.807, 2.05) is 45.9 Å². The highest BCUT2D eigenvalue weighted by Crippen LogP contribution is 2.15. The van der Waals surface area contributed by atoms with Gasteiger partial charge in [-0.25, -0.2) is 0 Å². The second kappa shape index (κ2) is 9.94. The molecule has 1 rings (SSSR count). The fraction of sp³-hybridized carbons (Fsp3) is 0.389. The molecule has 1 amide bonds. The van der Waals surface area contributed by atoms with Gasteiger partial charge in [0.1, 0.15) is 0 Å². The van der Waals surface area contributed by atoms with E-state index < -0.39 is 0 Å². The molecule has 0 aliphatic rings. The molecule has 0 aliphatic carbocycles. The van der Waals surface area contributed by atoms with Crippen molar-refractivity contribution in [3.05, 3.63) is 60.2 Å². The minimum Gasteiger partial charge on any atom is -0.392 e. The van der Waals surface area contributed by atoms with Crippen LogP contribution in [0.4, 0.5) is 0 Å². The molecule has 0 saturated carbocycles. The maximum Gasteiger partial charge on any atom is 0.251 e. The second-order valence-electron chi connectivity index (χ2n) is 5.36. The highest BCUT2D eigenvalue weighted by atomic mass is 16.3. The number of aliphatic hydroxyl groups is 1. The molecule has 0 aliphatic heterocycles. The minimum absolute atomic E-state index is 0.131. The predicted octanol–water partition coefficient (Wildman–Crippen LogP) is 3.70. The Morgan fingerprint density at radius 1 is 1.29 bits per heavy atom. The maximum atomic E-state index is 11.9. The van der Waals surface area contributed by atoms with E-state index in [1.165, 1.54) is 0 Å². The van der Waals surface area contributed by atoms with Crippen LogP contribution >= 0.6 is 0 Å². The lowest BCUT2D eigenvalue weighted by Crippen LogP contribution is -2.33. The Balaban J connectivity index is 0.000000885. The lowest BCUT2D eigenvalue weighted by Gasteiger charge is -2.20. The van der Waals surface area contributed by atoms with E-state index in [4.69, 9.17) is 5.11 Å². The lowest BCUT2D eigenvalue weighted by atomic mass is 9.94. The number of carbonyl (C=O) groups is 1. The second-order valence-corrected chi connectivity index (χ2v) is 5.36. The van der Waals surface area contributed by atoms with E-state index in [1.54, 1.807) is 24.3 Å². The van der Waals surface area contributed by atoms with Gasteiger partial charge in [0.2, 0.25) is 0 Å². The SMILES string of the molecule is C/C=C\C.C=CC(C)(C)CNC(=O)c1ccccc1CO. The Morgan fingerprint density at radius 3 is 2.33 bits per heavy atom. The third-order valence-corrected chi connectivity index (χ3v) is 3.02. The van der Waals surface area contributed by atoms with Crippen LogP contribution in [-0.4, -0.2) is 17.6 Å². The first-order valence-electron chi connectivity index (χ1n) is 7.09. The molecule has 3 nitrogen and oxygen atoms in total. The average Bonchev–Trinajstić information content (AvgIpc) is 2.52. The van der Waals surface area contributed by atoms with Gasteiger partial charge in [-0.05, 0) is 30.9 Å². The van der Waals surface area contributed by atoms with Crippen molar-refractivity contribution in [2.75, 3.05) is 6.54 Å². The van der Waals surface area contributed by atoms with Crippen LogP contribution in [0.25, 0.3) is 0 Å². The van der Waals surface area contributed by atoms with Gasteiger partial charge in [-0.15, -0.1) is 6.58 Å². The molecule has 0 bridgehead atoms. The quantitative estimate of drug-likeness (QED) is 0.812. The number of nitrogens with one attached hydrogen (secondary N) is 1. The smallest absolute Gasteiger partial charge is 0.251 e. The molecule has 0 saturated heterocycles. The molecule has 3 heteroatoms. The van der Waals surface area contributed by atoms with Gasteiger partial charge >= 0.3 is 0 Å². The third kappa shape index (κ3) is 7.47. The van der Waals surface area contributed by atoms with E-state index in [0.717, 1.165) is 0 Å². The molecule has 0 radical (unpaired) electrons. The Bertz CT molecular complexity index is 472. The van der Waals surface area contributed by atoms with E-state index in [2.05, 4.69) is 11.9 Å². The molecule has 0 aromatic heterocycles. The van der Waals surface area contributed by atoms with Crippen LogP contribution in [0, 0.1) is 5.41 Å². The largest absolute Gasteiger partial charge is 0.392 e. The molecule has 116 valence electrons. The molecular weight excluding hydrogens is 262 g/mol. The molecule has 0 heterocycles. The zero-order chi connectivity index (χ0) is 16.3. The van der Waals surface area contributed by atoms with Crippen LogP contribution in [-0.2, 0) is 6.61 Å². The van der Waals surface area contributed by atoms with Crippen molar-refractivity contribution >= 4 is 5.91 Å². The van der Waals surface area contributed by atoms with Gasteiger partial charge in [-0.1, -0.05) is 50.3 Å². The van der Waals surface area contributed by atoms with Crippen molar-refractivity contribution in [1.82, 2.24) is 5.32 Å². The van der Waals surface area contributed by atoms with E-state index >= 15 is 0 Å². The summed E-state index contributed by atoms with van der Waals surface area (Å²) in [7, 11) is 0. The first-order chi connectivity index (χ1) is 9.91. The number of rotatable bonds is 5. The van der Waals surface area contributed by atoms with Crippen molar-refractivity contribution in [3.8, 4) is 0 Å². The Morgan fingerprint density at radius 2 is 1.86 bits per heavy atom. The number of hydrogen-bond acceptors (Lipinski definition) is 2. The van der Waals surface area contributed by atoms with Gasteiger partial charge in [0.15, 0.2) is 0 Å². The van der Waals surface area contributed by atoms with E-state index in [9.17, 15) is 4.79 Å². The van der Waals surface area contributed by atoms with Gasteiger partial charge < -0.3 is 10.4 Å². The van der Waals surface area contributed by atoms with Crippen LogP contribution < -0.4 is 5.32 Å². The van der Waals surface area contributed by atoms with E-state index in [-0.39, 0.29) is 17.9 Å². The molecule has 1 aromatic carbocycles. The number of amides is 1. The molecule has 0 atom stereocenters. The third-order valence-electron chi connectivity index (χ3n) is 3.02. The fourth-order valence-electron chi connectivity index (χ4n) is 1.36. The summed E-state index contributed by atoms with van der Waals surface area (Å²) in [4.78, 5) is 11.9. The number of aliphatic hydroxyl groups excluding tert-OH is 1. The first kappa shape index (κ1) is 19.1. The molecule has 0 fully saturated rings. The standard InChI is InChI=1S/C14H19NO2.C4H8/c1-4-14(2,3)10-15-13(17)12-8-6-5-7-11(12)9-16;1-3-4-2/h4-8,16H,1,9-10H2,2-3H3,(H,15,17);3-4H,1-2H3/b;4-3-. The number of benzene rings is 1. The van der Waals surface area contributed by atoms with Crippen LogP contribution in [0.5, 0.6) is 0 Å². The van der Waals surface area contributed by atoms with Gasteiger partial charge in [0.05, 0.1) is 6.61 Å². The first-order valence-corrected chi connectivity index (χ1v) is 7.09. The van der Waals surface area contributed by atoms with Gasteiger partial charge in [0, 0.05) is 12.1 Å². The topological polar surface area (TPSA) is 49.3 Å². The van der Waals surface area contributed by atoms with Crippen molar-refractivity contribution in [2.24, 2.45) is 5.41 Å². The summed E-state index contributed by atoms with van der Waals surface area (Å²) in [6.07, 6.45) is 5.81. The fourth-order valence-corrected chi connectivity index (χ4v) is 1.36. The molecule has 2 N–H and O–H groups in total. The zero-order valence-electron chi connectivity index (χ0n) is 13.5. The normalized spacial score (nSPS) is 10.7. The summed E-state index contributed by atoms with van der Waals surface area (Å²) in [6, 6.07) is 7.04. The minimum atomic E-state index is -0.162. The molecule has 0 spiro atoms. The Hall–Kier alpha value is -1.87. The van der Waals surface area contributed by atoms with Gasteiger partial charge in [-0.3, -0.25) is 4.79 Å². The average molecular weight is 289 g/mol. The van der Waals surface area contributed by atoms with Crippen LogP contribution in [0.15, 0.2) is 49.1 Å². The van der Waals surface area contributed by atoms with Gasteiger partial charge in [-0.2, -0.15) is 0 Å². The van der Waals surface area contributed by atoms with Crippen molar-refractivity contribution in [1.29, 1.82) is 0 Å². The monoisotopic (exact) mass is 289 g/mol. The number of carbonyl (C=O) groups excluding carboxylic acids is 1. The maximum absolute atomic E-state index is 11.9. The Labute approximate surface area is 128 Å². The summed E-state index contributed by atoms with van der Waals surface area (Å²) >= 11 is 0.